The molecule has 4 unspecified atom stereocenters. The highest BCUT2D eigenvalue weighted by Gasteiger charge is 2.56. The molecule has 10 heteroatoms. The minimum Gasteiger partial charge on any atom is -0.357 e. The Balaban J connectivity index is 1.35. The van der Waals surface area contributed by atoms with Gasteiger partial charge in [0.15, 0.2) is 5.78 Å². The number of anilines is 1. The van der Waals surface area contributed by atoms with Gasteiger partial charge < -0.3 is 10.2 Å². The number of Topliss-reactive ketones (excluding diaryl/α,β-unsaturated/α-hetero) is 1. The average Bonchev–Trinajstić information content (AvgIpc) is 3.45. The van der Waals surface area contributed by atoms with Crippen molar-refractivity contribution in [2.45, 2.75) is 30.6 Å². The summed E-state index contributed by atoms with van der Waals surface area (Å²) in [4.78, 5) is 28.4. The van der Waals surface area contributed by atoms with Crippen molar-refractivity contribution in [3.8, 4) is 6.07 Å². The molecule has 1 N–H and O–H groups in total. The van der Waals surface area contributed by atoms with Crippen molar-refractivity contribution in [2.24, 2.45) is 0 Å². The van der Waals surface area contributed by atoms with Crippen molar-refractivity contribution in [3.63, 3.8) is 0 Å². The first-order valence-corrected chi connectivity index (χ1v) is 11.3. The van der Waals surface area contributed by atoms with Crippen LogP contribution in [0.2, 0.25) is 5.02 Å². The Labute approximate surface area is 197 Å². The molecule has 0 aromatic heterocycles. The summed E-state index contributed by atoms with van der Waals surface area (Å²) in [7, 11) is 0. The van der Waals surface area contributed by atoms with Crippen LogP contribution in [0.15, 0.2) is 36.4 Å². The van der Waals surface area contributed by atoms with E-state index in [4.69, 9.17) is 16.9 Å². The van der Waals surface area contributed by atoms with Crippen LogP contribution in [0.25, 0.3) is 0 Å². The third-order valence-corrected chi connectivity index (χ3v) is 7.69. The number of nitrogens with zero attached hydrogens (tertiary/aromatic N) is 4. The number of benzene rings is 2. The van der Waals surface area contributed by atoms with Crippen molar-refractivity contribution >= 4 is 51.3 Å². The first kappa shape index (κ1) is 20.6. The van der Waals surface area contributed by atoms with Crippen molar-refractivity contribution in [2.75, 3.05) is 18.1 Å². The standard InChI is InChI=1S/C21H17ClIN5O3/c22-14-4-2-11(5-17(14)28(30)31)21(29)20-18-7-16(25-20)19-9-26(10-27(18)19)13-3-1-12(8-24)15(23)6-13/h1-6,16,18-20,25H,7,9-10H2. The van der Waals surface area contributed by atoms with Crippen molar-refractivity contribution in [1.29, 1.82) is 5.26 Å². The summed E-state index contributed by atoms with van der Waals surface area (Å²) in [5.41, 5.74) is 1.77. The molecule has 8 nitrogen and oxygen atoms in total. The summed E-state index contributed by atoms with van der Waals surface area (Å²) in [6.07, 6.45) is 0.884. The second-order valence-corrected chi connectivity index (χ2v) is 9.63. The molecule has 0 amide bonds. The van der Waals surface area contributed by atoms with E-state index in [0.717, 1.165) is 22.2 Å². The van der Waals surface area contributed by atoms with Gasteiger partial charge in [-0.05, 0) is 59.3 Å². The second kappa shape index (κ2) is 7.70. The Morgan fingerprint density at radius 1 is 1.29 bits per heavy atom. The maximum atomic E-state index is 13.2. The maximum Gasteiger partial charge on any atom is 0.288 e. The lowest BCUT2D eigenvalue weighted by atomic mass is 9.98. The van der Waals surface area contributed by atoms with Gasteiger partial charge in [0.25, 0.3) is 5.69 Å². The topological polar surface area (TPSA) is 103 Å². The van der Waals surface area contributed by atoms with Crippen LogP contribution in [-0.4, -0.2) is 53.0 Å². The van der Waals surface area contributed by atoms with E-state index in [2.05, 4.69) is 43.8 Å². The number of nitriles is 1. The van der Waals surface area contributed by atoms with Gasteiger partial charge in [-0.2, -0.15) is 5.26 Å². The minimum atomic E-state index is -0.569. The molecule has 3 aliphatic rings. The molecule has 31 heavy (non-hydrogen) atoms. The third-order valence-electron chi connectivity index (χ3n) is 6.48. The highest BCUT2D eigenvalue weighted by Crippen LogP contribution is 2.40. The molecular weight excluding hydrogens is 533 g/mol. The Kier molecular flexibility index (Phi) is 5.13. The molecule has 0 saturated carbocycles. The number of carbonyl (C=O) groups is 1. The first-order chi connectivity index (χ1) is 14.9. The first-order valence-electron chi connectivity index (χ1n) is 9.82. The van der Waals surface area contributed by atoms with Crippen molar-refractivity contribution in [3.05, 3.63) is 66.2 Å². The van der Waals surface area contributed by atoms with E-state index in [-0.39, 0.29) is 28.6 Å². The molecule has 0 spiro atoms. The van der Waals surface area contributed by atoms with Crippen LogP contribution in [0.3, 0.4) is 0 Å². The van der Waals surface area contributed by atoms with Crippen LogP contribution in [-0.2, 0) is 0 Å². The summed E-state index contributed by atoms with van der Waals surface area (Å²) >= 11 is 8.07. The highest BCUT2D eigenvalue weighted by atomic mass is 127. The predicted octanol–water partition coefficient (Wildman–Crippen LogP) is 3.17. The van der Waals surface area contributed by atoms with E-state index in [1.165, 1.54) is 12.1 Å². The Morgan fingerprint density at radius 2 is 2.10 bits per heavy atom. The average molecular weight is 550 g/mol. The van der Waals surface area contributed by atoms with E-state index >= 15 is 0 Å². The molecule has 5 rings (SSSR count). The lowest BCUT2D eigenvalue weighted by molar-refractivity contribution is -0.384. The number of nitro benzene ring substituents is 1. The SMILES string of the molecule is N#Cc1ccc(N2CC3C4CC(C(C(=O)c5ccc(Cl)c([N+](=O)[O-])c5)N4)N3C2)cc1I. The van der Waals surface area contributed by atoms with Gasteiger partial charge in [0.1, 0.15) is 11.1 Å². The quantitative estimate of drug-likeness (QED) is 0.271. The molecule has 0 radical (unpaired) electrons. The summed E-state index contributed by atoms with van der Waals surface area (Å²) in [6.45, 7) is 1.56. The number of carbonyl (C=O) groups excluding carboxylic acids is 1. The lowest BCUT2D eigenvalue weighted by Crippen LogP contribution is -2.57. The summed E-state index contributed by atoms with van der Waals surface area (Å²) in [5.74, 6) is -0.142. The number of fused-ring (bicyclic) bond motifs is 5. The van der Waals surface area contributed by atoms with Crippen LogP contribution in [0.4, 0.5) is 11.4 Å². The number of piperazine rings is 1. The van der Waals surface area contributed by atoms with Crippen molar-refractivity contribution in [1.82, 2.24) is 10.2 Å². The fourth-order valence-corrected chi connectivity index (χ4v) is 5.82. The molecule has 2 bridgehead atoms. The van der Waals surface area contributed by atoms with Crippen LogP contribution in [0, 0.1) is 25.0 Å². The molecule has 4 atom stereocenters. The molecule has 3 saturated heterocycles. The molecule has 3 fully saturated rings. The summed E-state index contributed by atoms with van der Waals surface area (Å²) < 4.78 is 0.920. The zero-order chi connectivity index (χ0) is 21.9. The Hall–Kier alpha value is -2.26. The molecule has 3 heterocycles. The Morgan fingerprint density at radius 3 is 2.81 bits per heavy atom. The van der Waals surface area contributed by atoms with E-state index < -0.39 is 11.0 Å². The summed E-state index contributed by atoms with van der Waals surface area (Å²) in [6, 6.07) is 12.4. The molecule has 0 aliphatic carbocycles. The third kappa shape index (κ3) is 3.38. The number of nitrogens with one attached hydrogen (secondary N) is 1. The number of hydrogen-bond acceptors (Lipinski definition) is 7. The van der Waals surface area contributed by atoms with Gasteiger partial charge in [0.2, 0.25) is 0 Å². The van der Waals surface area contributed by atoms with Gasteiger partial charge in [0, 0.05) is 45.6 Å². The van der Waals surface area contributed by atoms with Crippen LogP contribution < -0.4 is 10.2 Å². The minimum absolute atomic E-state index is 0.0229. The van der Waals surface area contributed by atoms with Gasteiger partial charge in [0.05, 0.1) is 23.2 Å². The highest BCUT2D eigenvalue weighted by molar-refractivity contribution is 14.1. The monoisotopic (exact) mass is 549 g/mol. The van der Waals surface area contributed by atoms with E-state index in [0.29, 0.717) is 23.8 Å². The fourth-order valence-electron chi connectivity index (χ4n) is 5.01. The molecule has 2 aromatic carbocycles. The van der Waals surface area contributed by atoms with Crippen LogP contribution in [0.5, 0.6) is 0 Å². The zero-order valence-electron chi connectivity index (χ0n) is 16.2. The van der Waals surface area contributed by atoms with Crippen LogP contribution in [0.1, 0.15) is 22.3 Å². The molecule has 3 aliphatic heterocycles. The number of nitro groups is 1. The summed E-state index contributed by atoms with van der Waals surface area (Å²) in [5, 5.41) is 23.8. The smallest absolute Gasteiger partial charge is 0.288 e. The molecule has 2 aromatic rings. The predicted molar refractivity (Wildman–Crippen MR) is 123 cm³/mol. The number of halogens is 2. The number of hydrogen-bond donors (Lipinski definition) is 1. The molecular formula is C21H17ClIN5O3. The van der Waals surface area contributed by atoms with E-state index in [1.54, 1.807) is 6.07 Å². The van der Waals surface area contributed by atoms with Gasteiger partial charge in [-0.25, -0.2) is 0 Å². The largest absolute Gasteiger partial charge is 0.357 e. The van der Waals surface area contributed by atoms with E-state index in [9.17, 15) is 14.9 Å². The van der Waals surface area contributed by atoms with E-state index in [1.807, 2.05) is 18.2 Å². The Bertz CT molecular complexity index is 1150. The second-order valence-electron chi connectivity index (χ2n) is 8.06. The van der Waals surface area contributed by atoms with Gasteiger partial charge in [-0.1, -0.05) is 11.6 Å². The lowest BCUT2D eigenvalue weighted by Gasteiger charge is -2.33. The van der Waals surface area contributed by atoms with Crippen LogP contribution >= 0.6 is 34.2 Å². The number of ketones is 1. The van der Waals surface area contributed by atoms with Gasteiger partial charge in [-0.3, -0.25) is 19.8 Å². The normalized spacial score (nSPS) is 26.7. The maximum absolute atomic E-state index is 13.2. The van der Waals surface area contributed by atoms with Crippen molar-refractivity contribution < 1.29 is 9.72 Å². The molecule has 158 valence electrons. The fraction of sp³-hybridized carbons (Fsp3) is 0.333. The van der Waals surface area contributed by atoms with Gasteiger partial charge in [-0.15, -0.1) is 0 Å². The zero-order valence-corrected chi connectivity index (χ0v) is 19.1. The number of rotatable bonds is 4. The van der Waals surface area contributed by atoms with Gasteiger partial charge >= 0.3 is 0 Å².